The van der Waals surface area contributed by atoms with Crippen LogP contribution in [0.2, 0.25) is 0 Å². The van der Waals surface area contributed by atoms with Crippen molar-refractivity contribution >= 4 is 22.6 Å². The van der Waals surface area contributed by atoms with Gasteiger partial charge in [-0.1, -0.05) is 19.1 Å². The third-order valence-corrected chi connectivity index (χ3v) is 4.19. The summed E-state index contributed by atoms with van der Waals surface area (Å²) in [6, 6.07) is 14.3. The Balaban J connectivity index is 2.19. The maximum absolute atomic E-state index is 12.2. The van der Waals surface area contributed by atoms with Crippen LogP contribution in [0.1, 0.15) is 23.0 Å². The van der Waals surface area contributed by atoms with Crippen LogP contribution in [0.4, 0.5) is 5.69 Å². The summed E-state index contributed by atoms with van der Waals surface area (Å²) >= 11 is 0. The lowest BCUT2D eigenvalue weighted by molar-refractivity contribution is 0.0799. The van der Waals surface area contributed by atoms with E-state index in [0.717, 1.165) is 34.2 Å². The van der Waals surface area contributed by atoms with Crippen molar-refractivity contribution in [3.8, 4) is 11.1 Å². The van der Waals surface area contributed by atoms with Crippen LogP contribution in [0.3, 0.4) is 0 Å². The zero-order valence-corrected chi connectivity index (χ0v) is 14.5. The SMILES string of the molecule is CCc1cc(-c2ccc(NC)cc2)c2oc(C(=O)N(C)C)cc2c1. The van der Waals surface area contributed by atoms with E-state index < -0.39 is 0 Å². The maximum atomic E-state index is 12.2. The molecule has 0 saturated heterocycles. The minimum Gasteiger partial charge on any atom is -0.450 e. The number of aryl methyl sites for hydroxylation is 1. The van der Waals surface area contributed by atoms with Crippen LogP contribution in [0, 0.1) is 0 Å². The van der Waals surface area contributed by atoms with Crippen molar-refractivity contribution in [2.45, 2.75) is 13.3 Å². The van der Waals surface area contributed by atoms with E-state index in [2.05, 4.69) is 36.5 Å². The molecule has 0 radical (unpaired) electrons. The molecule has 0 spiro atoms. The maximum Gasteiger partial charge on any atom is 0.289 e. The van der Waals surface area contributed by atoms with E-state index in [1.54, 1.807) is 14.1 Å². The summed E-state index contributed by atoms with van der Waals surface area (Å²) < 4.78 is 5.93. The smallest absolute Gasteiger partial charge is 0.289 e. The Morgan fingerprint density at radius 2 is 1.83 bits per heavy atom. The Hall–Kier alpha value is -2.75. The highest BCUT2D eigenvalue weighted by atomic mass is 16.3. The summed E-state index contributed by atoms with van der Waals surface area (Å²) in [5, 5.41) is 4.09. The van der Waals surface area contributed by atoms with Crippen LogP contribution in [-0.2, 0) is 6.42 Å². The average molecular weight is 322 g/mol. The molecule has 1 aromatic heterocycles. The fourth-order valence-corrected chi connectivity index (χ4v) is 2.78. The highest BCUT2D eigenvalue weighted by Gasteiger charge is 2.17. The van der Waals surface area contributed by atoms with Crippen LogP contribution < -0.4 is 5.32 Å². The van der Waals surface area contributed by atoms with Gasteiger partial charge in [-0.25, -0.2) is 0 Å². The van der Waals surface area contributed by atoms with Gasteiger partial charge in [0, 0.05) is 37.8 Å². The van der Waals surface area contributed by atoms with Gasteiger partial charge in [0.25, 0.3) is 5.91 Å². The molecule has 1 heterocycles. The van der Waals surface area contributed by atoms with Gasteiger partial charge in [-0.2, -0.15) is 0 Å². The standard InChI is InChI=1S/C20H22N2O2/c1-5-13-10-15-12-18(20(23)22(3)4)24-19(15)17(11-13)14-6-8-16(21-2)9-7-14/h6-12,21H,5H2,1-4H3. The van der Waals surface area contributed by atoms with E-state index in [1.807, 2.05) is 25.2 Å². The van der Waals surface area contributed by atoms with Gasteiger partial charge in [-0.05, 0) is 47.9 Å². The van der Waals surface area contributed by atoms with Gasteiger partial charge in [0.05, 0.1) is 0 Å². The summed E-state index contributed by atoms with van der Waals surface area (Å²) in [6.45, 7) is 2.13. The highest BCUT2D eigenvalue weighted by molar-refractivity contribution is 6.00. The monoisotopic (exact) mass is 322 g/mol. The molecular formula is C20H22N2O2. The van der Waals surface area contributed by atoms with Gasteiger partial charge in [0.15, 0.2) is 5.76 Å². The first-order valence-corrected chi connectivity index (χ1v) is 8.09. The second-order valence-electron chi connectivity index (χ2n) is 6.05. The molecule has 3 rings (SSSR count). The van der Waals surface area contributed by atoms with Gasteiger partial charge < -0.3 is 14.6 Å². The minimum atomic E-state index is -0.124. The molecule has 0 bridgehead atoms. The molecule has 3 aromatic rings. The lowest BCUT2D eigenvalue weighted by atomic mass is 9.99. The summed E-state index contributed by atoms with van der Waals surface area (Å²) in [6.07, 6.45) is 0.930. The first-order valence-electron chi connectivity index (χ1n) is 8.09. The highest BCUT2D eigenvalue weighted by Crippen LogP contribution is 2.33. The van der Waals surface area contributed by atoms with Crippen molar-refractivity contribution in [2.24, 2.45) is 0 Å². The first kappa shape index (κ1) is 16.1. The molecule has 0 atom stereocenters. The zero-order valence-electron chi connectivity index (χ0n) is 14.5. The Morgan fingerprint density at radius 1 is 1.12 bits per heavy atom. The molecule has 1 N–H and O–H groups in total. The van der Waals surface area contributed by atoms with Crippen molar-refractivity contribution in [3.05, 3.63) is 53.8 Å². The zero-order chi connectivity index (χ0) is 17.3. The number of carbonyl (C=O) groups excluding carboxylic acids is 1. The van der Waals surface area contributed by atoms with E-state index in [9.17, 15) is 4.79 Å². The number of furan rings is 1. The molecule has 0 saturated carbocycles. The molecule has 0 aliphatic rings. The summed E-state index contributed by atoms with van der Waals surface area (Å²) in [4.78, 5) is 13.8. The molecule has 0 aliphatic carbocycles. The van der Waals surface area contributed by atoms with Crippen LogP contribution >= 0.6 is 0 Å². The number of amides is 1. The summed E-state index contributed by atoms with van der Waals surface area (Å²) in [5.41, 5.74) is 5.14. The quantitative estimate of drug-likeness (QED) is 0.774. The molecule has 4 heteroatoms. The van der Waals surface area contributed by atoms with Gasteiger partial charge in [-0.15, -0.1) is 0 Å². The largest absolute Gasteiger partial charge is 0.450 e. The normalized spacial score (nSPS) is 10.8. The number of carbonyl (C=O) groups is 1. The number of benzene rings is 2. The van der Waals surface area contributed by atoms with Gasteiger partial charge in [-0.3, -0.25) is 4.79 Å². The molecule has 124 valence electrons. The van der Waals surface area contributed by atoms with Crippen LogP contribution in [0.25, 0.3) is 22.1 Å². The van der Waals surface area contributed by atoms with Crippen molar-refractivity contribution in [3.63, 3.8) is 0 Å². The molecule has 2 aromatic carbocycles. The van der Waals surface area contributed by atoms with Crippen LogP contribution in [-0.4, -0.2) is 32.0 Å². The fraction of sp³-hybridized carbons (Fsp3) is 0.250. The molecule has 24 heavy (non-hydrogen) atoms. The molecule has 1 amide bonds. The van der Waals surface area contributed by atoms with Crippen molar-refractivity contribution in [2.75, 3.05) is 26.5 Å². The number of nitrogens with one attached hydrogen (secondary N) is 1. The molecule has 0 fully saturated rings. The number of fused-ring (bicyclic) bond motifs is 1. The third kappa shape index (κ3) is 2.87. The second kappa shape index (κ2) is 6.40. The number of hydrogen-bond acceptors (Lipinski definition) is 3. The van der Waals surface area contributed by atoms with E-state index in [1.165, 1.54) is 10.5 Å². The summed E-state index contributed by atoms with van der Waals surface area (Å²) in [5.74, 6) is 0.247. The van der Waals surface area contributed by atoms with E-state index in [-0.39, 0.29) is 5.91 Å². The Bertz CT molecular complexity index is 877. The number of nitrogens with zero attached hydrogens (tertiary/aromatic N) is 1. The van der Waals surface area contributed by atoms with Crippen LogP contribution in [0.15, 0.2) is 46.9 Å². The first-order chi connectivity index (χ1) is 11.5. The lowest BCUT2D eigenvalue weighted by Crippen LogP contribution is -2.20. The van der Waals surface area contributed by atoms with Gasteiger partial charge in [0.2, 0.25) is 0 Å². The minimum absolute atomic E-state index is 0.124. The van der Waals surface area contributed by atoms with Crippen molar-refractivity contribution < 1.29 is 9.21 Å². The predicted molar refractivity (Wildman–Crippen MR) is 98.6 cm³/mol. The Labute approximate surface area is 142 Å². The summed E-state index contributed by atoms with van der Waals surface area (Å²) in [7, 11) is 5.35. The van der Waals surface area contributed by atoms with Gasteiger partial charge >= 0.3 is 0 Å². The second-order valence-corrected chi connectivity index (χ2v) is 6.05. The Morgan fingerprint density at radius 3 is 2.42 bits per heavy atom. The molecular weight excluding hydrogens is 300 g/mol. The third-order valence-electron chi connectivity index (χ3n) is 4.19. The Kier molecular flexibility index (Phi) is 4.30. The fourth-order valence-electron chi connectivity index (χ4n) is 2.78. The van der Waals surface area contributed by atoms with Crippen molar-refractivity contribution in [1.82, 2.24) is 4.90 Å². The van der Waals surface area contributed by atoms with Gasteiger partial charge in [0.1, 0.15) is 5.58 Å². The lowest BCUT2D eigenvalue weighted by Gasteiger charge is -2.08. The van der Waals surface area contributed by atoms with E-state index in [4.69, 9.17) is 4.42 Å². The van der Waals surface area contributed by atoms with Crippen molar-refractivity contribution in [1.29, 1.82) is 0 Å². The number of rotatable bonds is 4. The molecule has 4 nitrogen and oxygen atoms in total. The number of hydrogen-bond donors (Lipinski definition) is 1. The predicted octanol–water partition coefficient (Wildman–Crippen LogP) is 4.41. The van der Waals surface area contributed by atoms with E-state index in [0.29, 0.717) is 5.76 Å². The molecule has 0 unspecified atom stereocenters. The van der Waals surface area contributed by atoms with E-state index >= 15 is 0 Å². The topological polar surface area (TPSA) is 45.5 Å². The average Bonchev–Trinajstić information content (AvgIpc) is 3.04. The number of anilines is 1. The van der Waals surface area contributed by atoms with Crippen LogP contribution in [0.5, 0.6) is 0 Å². The molecule has 0 aliphatic heterocycles.